The molecular formula is C19H19ClN2O4S2. The summed E-state index contributed by atoms with van der Waals surface area (Å²) >= 11 is 7.26. The number of anilines is 2. The molecule has 2 N–H and O–H groups in total. The van der Waals surface area contributed by atoms with E-state index in [0.29, 0.717) is 22.2 Å². The van der Waals surface area contributed by atoms with Crippen LogP contribution in [0.2, 0.25) is 5.02 Å². The summed E-state index contributed by atoms with van der Waals surface area (Å²) in [7, 11) is -3.74. The average molecular weight is 439 g/mol. The SMILES string of the molecule is Cc1cc(Cl)ccc1NC(=O)C[C@@H](C)S(=O)(=O)c1ccc2c(c1)NC(=O)CS2. The summed E-state index contributed by atoms with van der Waals surface area (Å²) < 4.78 is 25.8. The molecule has 0 aromatic heterocycles. The number of fused-ring (bicyclic) bond motifs is 1. The van der Waals surface area contributed by atoms with Crippen molar-refractivity contribution in [2.75, 3.05) is 16.4 Å². The van der Waals surface area contributed by atoms with Crippen molar-refractivity contribution >= 4 is 56.4 Å². The van der Waals surface area contributed by atoms with Gasteiger partial charge in [0.1, 0.15) is 0 Å². The first-order chi connectivity index (χ1) is 13.2. The molecule has 2 amide bonds. The minimum atomic E-state index is -3.74. The fraction of sp³-hybridized carbons (Fsp3) is 0.263. The molecule has 0 bridgehead atoms. The summed E-state index contributed by atoms with van der Waals surface area (Å²) in [5.74, 6) is -0.263. The van der Waals surface area contributed by atoms with Crippen LogP contribution >= 0.6 is 23.4 Å². The molecule has 0 aliphatic carbocycles. The lowest BCUT2D eigenvalue weighted by atomic mass is 10.2. The number of carbonyl (C=O) groups is 2. The zero-order chi connectivity index (χ0) is 20.5. The maximum Gasteiger partial charge on any atom is 0.234 e. The topological polar surface area (TPSA) is 92.3 Å². The minimum absolute atomic E-state index is 0.0806. The molecule has 1 aliphatic rings. The second kappa shape index (κ2) is 8.14. The van der Waals surface area contributed by atoms with Gasteiger partial charge in [-0.15, -0.1) is 11.8 Å². The molecule has 2 aromatic rings. The maximum absolute atomic E-state index is 12.9. The zero-order valence-electron chi connectivity index (χ0n) is 15.3. The monoisotopic (exact) mass is 438 g/mol. The van der Waals surface area contributed by atoms with E-state index in [-0.39, 0.29) is 17.2 Å². The lowest BCUT2D eigenvalue weighted by Crippen LogP contribution is -2.26. The zero-order valence-corrected chi connectivity index (χ0v) is 17.7. The van der Waals surface area contributed by atoms with Crippen molar-refractivity contribution in [3.8, 4) is 0 Å². The van der Waals surface area contributed by atoms with Gasteiger partial charge in [0.15, 0.2) is 9.84 Å². The summed E-state index contributed by atoms with van der Waals surface area (Å²) in [5.41, 5.74) is 1.86. The number of benzene rings is 2. The summed E-state index contributed by atoms with van der Waals surface area (Å²) in [6, 6.07) is 9.69. The summed E-state index contributed by atoms with van der Waals surface area (Å²) in [4.78, 5) is 24.8. The normalized spacial score (nSPS) is 14.8. The number of halogens is 1. The molecule has 3 rings (SSSR count). The molecule has 2 aromatic carbocycles. The van der Waals surface area contributed by atoms with Crippen LogP contribution in [0.5, 0.6) is 0 Å². The van der Waals surface area contributed by atoms with E-state index in [1.54, 1.807) is 31.2 Å². The van der Waals surface area contributed by atoms with E-state index in [9.17, 15) is 18.0 Å². The molecule has 0 saturated heterocycles. The number of thioether (sulfide) groups is 1. The smallest absolute Gasteiger partial charge is 0.234 e. The van der Waals surface area contributed by atoms with Crippen LogP contribution in [0.1, 0.15) is 18.9 Å². The average Bonchev–Trinajstić information content (AvgIpc) is 2.63. The molecule has 0 radical (unpaired) electrons. The van der Waals surface area contributed by atoms with E-state index >= 15 is 0 Å². The fourth-order valence-electron chi connectivity index (χ4n) is 2.81. The van der Waals surface area contributed by atoms with E-state index in [1.807, 2.05) is 0 Å². The lowest BCUT2D eigenvalue weighted by molar-refractivity contribution is -0.116. The second-order valence-corrected chi connectivity index (χ2v) is 10.4. The number of aryl methyl sites for hydroxylation is 1. The first-order valence-electron chi connectivity index (χ1n) is 8.53. The van der Waals surface area contributed by atoms with Crippen LogP contribution in [0, 0.1) is 6.92 Å². The highest BCUT2D eigenvalue weighted by atomic mass is 35.5. The predicted octanol–water partition coefficient (Wildman–Crippen LogP) is 3.88. The molecule has 0 unspecified atom stereocenters. The van der Waals surface area contributed by atoms with Crippen molar-refractivity contribution in [2.24, 2.45) is 0 Å². The third kappa shape index (κ3) is 4.51. The van der Waals surface area contributed by atoms with E-state index in [4.69, 9.17) is 11.6 Å². The van der Waals surface area contributed by atoms with Gasteiger partial charge in [0, 0.05) is 22.0 Å². The van der Waals surface area contributed by atoms with Crippen molar-refractivity contribution in [2.45, 2.75) is 35.3 Å². The van der Waals surface area contributed by atoms with Gasteiger partial charge in [-0.2, -0.15) is 0 Å². The van der Waals surface area contributed by atoms with Crippen molar-refractivity contribution < 1.29 is 18.0 Å². The molecule has 1 atom stereocenters. The Morgan fingerprint density at radius 2 is 2.04 bits per heavy atom. The van der Waals surface area contributed by atoms with Crippen LogP contribution in [0.3, 0.4) is 0 Å². The molecule has 148 valence electrons. The highest BCUT2D eigenvalue weighted by Gasteiger charge is 2.27. The number of nitrogens with one attached hydrogen (secondary N) is 2. The van der Waals surface area contributed by atoms with Crippen LogP contribution < -0.4 is 10.6 Å². The Balaban J connectivity index is 1.74. The molecule has 1 heterocycles. The molecule has 0 fully saturated rings. The first kappa shape index (κ1) is 20.7. The number of carbonyl (C=O) groups excluding carboxylic acids is 2. The van der Waals surface area contributed by atoms with E-state index in [1.165, 1.54) is 30.8 Å². The first-order valence-corrected chi connectivity index (χ1v) is 11.4. The van der Waals surface area contributed by atoms with Gasteiger partial charge in [0.25, 0.3) is 0 Å². The summed E-state index contributed by atoms with van der Waals surface area (Å²) in [5, 5.41) is 5.04. The molecule has 0 saturated carbocycles. The van der Waals surface area contributed by atoms with Crippen LogP contribution in [-0.4, -0.2) is 31.2 Å². The molecule has 6 nitrogen and oxygen atoms in total. The fourth-order valence-corrected chi connectivity index (χ4v) is 5.20. The Morgan fingerprint density at radius 1 is 1.29 bits per heavy atom. The lowest BCUT2D eigenvalue weighted by Gasteiger charge is -2.19. The van der Waals surface area contributed by atoms with Gasteiger partial charge in [0.05, 0.1) is 21.6 Å². The van der Waals surface area contributed by atoms with Gasteiger partial charge in [0.2, 0.25) is 11.8 Å². The number of rotatable bonds is 5. The Bertz CT molecular complexity index is 1050. The Labute approximate surface area is 173 Å². The van der Waals surface area contributed by atoms with Gasteiger partial charge < -0.3 is 10.6 Å². The number of sulfone groups is 1. The van der Waals surface area contributed by atoms with E-state index < -0.39 is 21.0 Å². The van der Waals surface area contributed by atoms with Crippen LogP contribution in [0.15, 0.2) is 46.2 Å². The third-order valence-electron chi connectivity index (χ3n) is 4.38. The van der Waals surface area contributed by atoms with Crippen LogP contribution in [-0.2, 0) is 19.4 Å². The molecule has 1 aliphatic heterocycles. The third-order valence-corrected chi connectivity index (χ3v) is 7.82. The molecule has 0 spiro atoms. The molecule has 28 heavy (non-hydrogen) atoms. The predicted molar refractivity (Wildman–Crippen MR) is 112 cm³/mol. The Kier molecular flexibility index (Phi) is 6.02. The number of hydrogen-bond donors (Lipinski definition) is 2. The van der Waals surface area contributed by atoms with Crippen molar-refractivity contribution in [3.63, 3.8) is 0 Å². The number of hydrogen-bond acceptors (Lipinski definition) is 5. The second-order valence-electron chi connectivity index (χ2n) is 6.56. The van der Waals surface area contributed by atoms with Gasteiger partial charge in [-0.1, -0.05) is 11.6 Å². The Hall–Kier alpha value is -2.03. The van der Waals surface area contributed by atoms with Gasteiger partial charge >= 0.3 is 0 Å². The van der Waals surface area contributed by atoms with Gasteiger partial charge in [-0.3, -0.25) is 9.59 Å². The van der Waals surface area contributed by atoms with Crippen molar-refractivity contribution in [3.05, 3.63) is 47.0 Å². The van der Waals surface area contributed by atoms with Crippen LogP contribution in [0.25, 0.3) is 0 Å². The number of amides is 2. The summed E-state index contributed by atoms with van der Waals surface area (Å²) in [6.45, 7) is 3.30. The van der Waals surface area contributed by atoms with Crippen LogP contribution in [0.4, 0.5) is 11.4 Å². The highest BCUT2D eigenvalue weighted by molar-refractivity contribution is 8.00. The van der Waals surface area contributed by atoms with E-state index in [2.05, 4.69) is 10.6 Å². The standard InChI is InChI=1S/C19H19ClN2O4S2/c1-11-7-13(20)3-5-15(11)21-18(23)8-12(2)28(25,26)14-4-6-17-16(9-14)22-19(24)10-27-17/h3-7,9,12H,8,10H2,1-2H3,(H,21,23)(H,22,24)/t12-/m1/s1. The molecular weight excluding hydrogens is 420 g/mol. The minimum Gasteiger partial charge on any atom is -0.326 e. The highest BCUT2D eigenvalue weighted by Crippen LogP contribution is 2.34. The molecule has 9 heteroatoms. The largest absolute Gasteiger partial charge is 0.326 e. The van der Waals surface area contributed by atoms with E-state index in [0.717, 1.165) is 10.5 Å². The quantitative estimate of drug-likeness (QED) is 0.738. The summed E-state index contributed by atoms with van der Waals surface area (Å²) in [6.07, 6.45) is -0.192. The van der Waals surface area contributed by atoms with Crippen molar-refractivity contribution in [1.29, 1.82) is 0 Å². The van der Waals surface area contributed by atoms with Gasteiger partial charge in [-0.05, 0) is 55.8 Å². The van der Waals surface area contributed by atoms with Crippen molar-refractivity contribution in [1.82, 2.24) is 0 Å². The Morgan fingerprint density at radius 3 is 2.75 bits per heavy atom. The maximum atomic E-state index is 12.9. The van der Waals surface area contributed by atoms with Gasteiger partial charge in [-0.25, -0.2) is 8.42 Å².